The van der Waals surface area contributed by atoms with Gasteiger partial charge in [0.05, 0.1) is 0 Å². The van der Waals surface area contributed by atoms with Gasteiger partial charge in [-0.05, 0) is 60.9 Å². The Bertz CT molecular complexity index is 590. The Balaban J connectivity index is 2.09. The van der Waals surface area contributed by atoms with Crippen LogP contribution in [0.2, 0.25) is 0 Å². The van der Waals surface area contributed by atoms with E-state index in [-0.39, 0.29) is 0 Å². The molecule has 1 N–H and O–H groups in total. The molecule has 0 spiro atoms. The number of phenols is 1. The molecule has 1 nitrogen and oxygen atoms in total. The molecule has 0 amide bonds. The third-order valence-corrected chi connectivity index (χ3v) is 4.29. The van der Waals surface area contributed by atoms with Crippen molar-refractivity contribution in [1.82, 2.24) is 0 Å². The van der Waals surface area contributed by atoms with Crippen molar-refractivity contribution in [3.8, 4) is 5.75 Å². The summed E-state index contributed by atoms with van der Waals surface area (Å²) in [6.07, 6.45) is 3.66. The van der Waals surface area contributed by atoms with Crippen molar-refractivity contribution in [2.75, 3.05) is 0 Å². The predicted molar refractivity (Wildman–Crippen MR) is 78.8 cm³/mol. The second-order valence-electron chi connectivity index (χ2n) is 5.65. The molecule has 19 heavy (non-hydrogen) atoms. The first-order valence-corrected chi connectivity index (χ1v) is 7.04. The third-order valence-electron chi connectivity index (χ3n) is 4.29. The fourth-order valence-electron chi connectivity index (χ4n) is 3.29. The van der Waals surface area contributed by atoms with Crippen LogP contribution in [-0.2, 0) is 6.42 Å². The molecule has 0 saturated heterocycles. The van der Waals surface area contributed by atoms with E-state index < -0.39 is 0 Å². The van der Waals surface area contributed by atoms with E-state index >= 15 is 0 Å². The number of fused-ring (bicyclic) bond motifs is 1. The van der Waals surface area contributed by atoms with E-state index in [1.165, 1.54) is 36.0 Å². The molecule has 0 fully saturated rings. The second-order valence-corrected chi connectivity index (χ2v) is 5.65. The highest BCUT2D eigenvalue weighted by atomic mass is 16.3. The maximum absolute atomic E-state index is 9.92. The van der Waals surface area contributed by atoms with E-state index in [1.54, 1.807) is 0 Å². The molecule has 0 heterocycles. The van der Waals surface area contributed by atoms with Gasteiger partial charge in [0.25, 0.3) is 0 Å². The molecule has 1 aliphatic carbocycles. The summed E-state index contributed by atoms with van der Waals surface area (Å²) in [5.74, 6) is 0.927. The molecule has 0 saturated carbocycles. The standard InChI is InChI=1S/C18H20O/c1-12-10-15(11-13(2)18(12)19)17-9-5-7-14-6-3-4-8-16(14)17/h3-4,6,8,10-11,17,19H,5,7,9H2,1-2H3/t17-/m0/s1. The summed E-state index contributed by atoms with van der Waals surface area (Å²) in [6.45, 7) is 3.97. The highest BCUT2D eigenvalue weighted by molar-refractivity contribution is 5.47. The lowest BCUT2D eigenvalue weighted by Crippen LogP contribution is -2.11. The number of benzene rings is 2. The second kappa shape index (κ2) is 4.73. The number of aromatic hydroxyl groups is 1. The summed E-state index contributed by atoms with van der Waals surface area (Å²) >= 11 is 0. The van der Waals surface area contributed by atoms with Crippen molar-refractivity contribution >= 4 is 0 Å². The van der Waals surface area contributed by atoms with Crippen LogP contribution in [0.3, 0.4) is 0 Å². The van der Waals surface area contributed by atoms with Crippen LogP contribution in [0.4, 0.5) is 0 Å². The van der Waals surface area contributed by atoms with Crippen LogP contribution < -0.4 is 0 Å². The molecule has 1 atom stereocenters. The van der Waals surface area contributed by atoms with Crippen LogP contribution in [0.5, 0.6) is 5.75 Å². The van der Waals surface area contributed by atoms with Gasteiger partial charge in [0.2, 0.25) is 0 Å². The van der Waals surface area contributed by atoms with Crippen LogP contribution in [0.25, 0.3) is 0 Å². The van der Waals surface area contributed by atoms with E-state index in [1.807, 2.05) is 13.8 Å². The van der Waals surface area contributed by atoms with Gasteiger partial charge in [0, 0.05) is 5.92 Å². The number of phenolic OH excluding ortho intramolecular Hbond substituents is 1. The molecule has 98 valence electrons. The molecular formula is C18H20O. The van der Waals surface area contributed by atoms with Gasteiger partial charge in [-0.15, -0.1) is 0 Å². The number of hydrogen-bond acceptors (Lipinski definition) is 1. The SMILES string of the molecule is Cc1cc([C@@H]2CCCc3ccccc32)cc(C)c1O. The first kappa shape index (κ1) is 12.3. The van der Waals surface area contributed by atoms with Crippen LogP contribution in [0, 0.1) is 13.8 Å². The van der Waals surface area contributed by atoms with Crippen LogP contribution in [0.15, 0.2) is 36.4 Å². The quantitative estimate of drug-likeness (QED) is 0.793. The molecule has 0 bridgehead atoms. The van der Waals surface area contributed by atoms with Crippen molar-refractivity contribution in [3.05, 3.63) is 64.2 Å². The lowest BCUT2D eigenvalue weighted by molar-refractivity contribution is 0.466. The lowest BCUT2D eigenvalue weighted by atomic mass is 9.78. The van der Waals surface area contributed by atoms with Crippen LogP contribution >= 0.6 is 0 Å². The van der Waals surface area contributed by atoms with E-state index in [0.717, 1.165) is 11.1 Å². The smallest absolute Gasteiger partial charge is 0.121 e. The Hall–Kier alpha value is -1.76. The molecule has 0 unspecified atom stereocenters. The van der Waals surface area contributed by atoms with Gasteiger partial charge < -0.3 is 5.11 Å². The van der Waals surface area contributed by atoms with Gasteiger partial charge in [-0.3, -0.25) is 0 Å². The summed E-state index contributed by atoms with van der Waals surface area (Å²) in [5, 5.41) is 9.92. The maximum Gasteiger partial charge on any atom is 0.121 e. The zero-order chi connectivity index (χ0) is 13.4. The summed E-state index contributed by atoms with van der Waals surface area (Å²) in [4.78, 5) is 0. The zero-order valence-corrected chi connectivity index (χ0v) is 11.6. The minimum absolute atomic E-state index is 0.438. The molecule has 1 heteroatoms. The minimum atomic E-state index is 0.438. The maximum atomic E-state index is 9.92. The van der Waals surface area contributed by atoms with Crippen molar-refractivity contribution in [1.29, 1.82) is 0 Å². The zero-order valence-electron chi connectivity index (χ0n) is 11.6. The van der Waals surface area contributed by atoms with Gasteiger partial charge in [-0.1, -0.05) is 36.4 Å². The molecule has 1 aliphatic rings. The largest absolute Gasteiger partial charge is 0.507 e. The summed E-state index contributed by atoms with van der Waals surface area (Å²) < 4.78 is 0. The molecule has 2 aromatic rings. The Morgan fingerprint density at radius 2 is 1.74 bits per heavy atom. The van der Waals surface area contributed by atoms with Crippen molar-refractivity contribution in [2.45, 2.75) is 39.0 Å². The number of hydrogen-bond donors (Lipinski definition) is 1. The normalized spacial score (nSPS) is 18.1. The van der Waals surface area contributed by atoms with Crippen molar-refractivity contribution in [3.63, 3.8) is 0 Å². The molecular weight excluding hydrogens is 232 g/mol. The van der Waals surface area contributed by atoms with Crippen LogP contribution in [0.1, 0.15) is 46.6 Å². The molecule has 0 radical (unpaired) electrons. The van der Waals surface area contributed by atoms with Gasteiger partial charge >= 0.3 is 0 Å². The topological polar surface area (TPSA) is 20.2 Å². The highest BCUT2D eigenvalue weighted by Crippen LogP contribution is 2.38. The van der Waals surface area contributed by atoms with E-state index in [0.29, 0.717) is 11.7 Å². The Morgan fingerprint density at radius 3 is 2.47 bits per heavy atom. The molecule has 0 aromatic heterocycles. The first-order chi connectivity index (χ1) is 9.16. The molecule has 0 aliphatic heterocycles. The van der Waals surface area contributed by atoms with Crippen molar-refractivity contribution in [2.24, 2.45) is 0 Å². The number of rotatable bonds is 1. The first-order valence-electron chi connectivity index (χ1n) is 7.04. The third kappa shape index (κ3) is 2.14. The highest BCUT2D eigenvalue weighted by Gasteiger charge is 2.22. The summed E-state index contributed by atoms with van der Waals surface area (Å²) in [6, 6.07) is 13.1. The van der Waals surface area contributed by atoms with Gasteiger partial charge in [0.1, 0.15) is 5.75 Å². The summed E-state index contributed by atoms with van der Waals surface area (Å²) in [5.41, 5.74) is 6.27. The van der Waals surface area contributed by atoms with Crippen LogP contribution in [-0.4, -0.2) is 5.11 Å². The van der Waals surface area contributed by atoms with Crippen molar-refractivity contribution < 1.29 is 5.11 Å². The Kier molecular flexibility index (Phi) is 3.06. The van der Waals surface area contributed by atoms with E-state index in [9.17, 15) is 5.11 Å². The fraction of sp³-hybridized carbons (Fsp3) is 0.333. The fourth-order valence-corrected chi connectivity index (χ4v) is 3.29. The van der Waals surface area contributed by atoms with E-state index in [2.05, 4.69) is 36.4 Å². The molecule has 2 aromatic carbocycles. The average Bonchev–Trinajstić information content (AvgIpc) is 2.43. The molecule has 3 rings (SSSR count). The average molecular weight is 252 g/mol. The summed E-state index contributed by atoms with van der Waals surface area (Å²) in [7, 11) is 0. The Labute approximate surface area is 114 Å². The van der Waals surface area contributed by atoms with Gasteiger partial charge in [0.15, 0.2) is 0 Å². The minimum Gasteiger partial charge on any atom is -0.507 e. The van der Waals surface area contributed by atoms with Gasteiger partial charge in [-0.2, -0.15) is 0 Å². The Morgan fingerprint density at radius 1 is 1.05 bits per heavy atom. The monoisotopic (exact) mass is 252 g/mol. The van der Waals surface area contributed by atoms with Gasteiger partial charge in [-0.25, -0.2) is 0 Å². The lowest BCUT2D eigenvalue weighted by Gasteiger charge is -2.26. The number of aryl methyl sites for hydroxylation is 3. The predicted octanol–water partition coefficient (Wildman–Crippen LogP) is 4.48. The van der Waals surface area contributed by atoms with E-state index in [4.69, 9.17) is 0 Å².